The van der Waals surface area contributed by atoms with Crippen molar-refractivity contribution in [1.29, 1.82) is 0 Å². The summed E-state index contributed by atoms with van der Waals surface area (Å²) in [4.78, 5) is 1.16. The highest BCUT2D eigenvalue weighted by Gasteiger charge is 2.20. The first-order valence-corrected chi connectivity index (χ1v) is 7.05. The molecule has 0 spiro atoms. The van der Waals surface area contributed by atoms with Crippen molar-refractivity contribution in [3.63, 3.8) is 0 Å². The van der Waals surface area contributed by atoms with Crippen LogP contribution in [0.4, 0.5) is 4.39 Å². The lowest BCUT2D eigenvalue weighted by Crippen LogP contribution is -2.23. The fourth-order valence-corrected chi connectivity index (χ4v) is 3.11. The topological polar surface area (TPSA) is 12.0 Å². The molecule has 0 fully saturated rings. The molecule has 0 saturated heterocycles. The minimum Gasteiger partial charge on any atom is -0.306 e. The lowest BCUT2D eigenvalue weighted by molar-refractivity contribution is 0.559. The van der Waals surface area contributed by atoms with Crippen LogP contribution in [0.5, 0.6) is 0 Å². The number of hydrogen-bond acceptors (Lipinski definition) is 2. The highest BCUT2D eigenvalue weighted by molar-refractivity contribution is 7.10. The smallest absolute Gasteiger partial charge is 0.128 e. The molecule has 1 aromatic heterocycles. The standard InChI is InChI=1S/C15H18FNS/c1-4-17-15(13-6-5-7-18-13)14-11(3)8-10(2)9-12(14)16/h5-9,15,17H,4H2,1-3H3. The molecule has 1 nitrogen and oxygen atoms in total. The van der Waals surface area contributed by atoms with E-state index in [2.05, 4.69) is 11.4 Å². The number of thiophene rings is 1. The molecule has 1 N–H and O–H groups in total. The monoisotopic (exact) mass is 263 g/mol. The van der Waals surface area contributed by atoms with Gasteiger partial charge in [-0.15, -0.1) is 11.3 Å². The van der Waals surface area contributed by atoms with E-state index in [1.165, 1.54) is 0 Å². The number of rotatable bonds is 4. The van der Waals surface area contributed by atoms with Crippen LogP contribution in [0, 0.1) is 19.7 Å². The summed E-state index contributed by atoms with van der Waals surface area (Å²) in [5.41, 5.74) is 2.74. The number of hydrogen-bond donors (Lipinski definition) is 1. The molecule has 0 aliphatic rings. The largest absolute Gasteiger partial charge is 0.306 e. The maximum atomic E-state index is 14.2. The van der Waals surface area contributed by atoms with Crippen molar-refractivity contribution < 1.29 is 4.39 Å². The molecule has 0 radical (unpaired) electrons. The summed E-state index contributed by atoms with van der Waals surface area (Å²) in [6.45, 7) is 6.76. The third-order valence-corrected chi connectivity index (χ3v) is 3.94. The number of benzene rings is 1. The van der Waals surface area contributed by atoms with Crippen molar-refractivity contribution in [2.75, 3.05) is 6.54 Å². The molecular formula is C15H18FNS. The summed E-state index contributed by atoms with van der Waals surface area (Å²) in [6, 6.07) is 7.66. The lowest BCUT2D eigenvalue weighted by Gasteiger charge is -2.20. The van der Waals surface area contributed by atoms with Crippen LogP contribution in [-0.4, -0.2) is 6.54 Å². The van der Waals surface area contributed by atoms with Crippen molar-refractivity contribution in [2.45, 2.75) is 26.8 Å². The zero-order chi connectivity index (χ0) is 13.1. The van der Waals surface area contributed by atoms with Gasteiger partial charge in [-0.1, -0.05) is 19.1 Å². The second-order valence-electron chi connectivity index (χ2n) is 4.48. The summed E-state index contributed by atoms with van der Waals surface area (Å²) in [5, 5.41) is 5.40. The van der Waals surface area contributed by atoms with E-state index >= 15 is 0 Å². The molecule has 18 heavy (non-hydrogen) atoms. The van der Waals surface area contributed by atoms with E-state index in [1.54, 1.807) is 17.4 Å². The Balaban J connectivity index is 2.49. The average Bonchev–Trinajstić information content (AvgIpc) is 2.79. The Morgan fingerprint density at radius 2 is 2.11 bits per heavy atom. The Morgan fingerprint density at radius 3 is 2.67 bits per heavy atom. The highest BCUT2D eigenvalue weighted by Crippen LogP contribution is 2.30. The van der Waals surface area contributed by atoms with Crippen LogP contribution in [0.3, 0.4) is 0 Å². The van der Waals surface area contributed by atoms with Crippen molar-refractivity contribution in [2.24, 2.45) is 0 Å². The van der Waals surface area contributed by atoms with Gasteiger partial charge in [0.2, 0.25) is 0 Å². The molecule has 0 amide bonds. The van der Waals surface area contributed by atoms with Gasteiger partial charge in [-0.05, 0) is 49.0 Å². The lowest BCUT2D eigenvalue weighted by atomic mass is 9.97. The normalized spacial score (nSPS) is 12.7. The first kappa shape index (κ1) is 13.2. The number of aryl methyl sites for hydroxylation is 2. The summed E-state index contributed by atoms with van der Waals surface area (Å²) >= 11 is 1.66. The summed E-state index contributed by atoms with van der Waals surface area (Å²) in [7, 11) is 0. The summed E-state index contributed by atoms with van der Waals surface area (Å²) in [5.74, 6) is -0.119. The SMILES string of the molecule is CCNC(c1cccs1)c1c(C)cc(C)cc1F. The van der Waals surface area contributed by atoms with Crippen LogP contribution >= 0.6 is 11.3 Å². The third-order valence-electron chi connectivity index (χ3n) is 3.01. The van der Waals surface area contributed by atoms with E-state index in [0.717, 1.165) is 28.1 Å². The zero-order valence-electron chi connectivity index (χ0n) is 11.0. The first-order valence-electron chi connectivity index (χ1n) is 6.17. The van der Waals surface area contributed by atoms with Gasteiger partial charge >= 0.3 is 0 Å². The van der Waals surface area contributed by atoms with Crippen LogP contribution < -0.4 is 5.32 Å². The minimum atomic E-state index is -0.119. The molecule has 1 aromatic carbocycles. The number of halogens is 1. The maximum Gasteiger partial charge on any atom is 0.128 e. The molecule has 0 aliphatic carbocycles. The molecule has 0 saturated carbocycles. The van der Waals surface area contributed by atoms with Gasteiger partial charge in [0.25, 0.3) is 0 Å². The predicted molar refractivity (Wildman–Crippen MR) is 75.7 cm³/mol. The van der Waals surface area contributed by atoms with Crippen molar-refractivity contribution >= 4 is 11.3 Å². The van der Waals surface area contributed by atoms with Gasteiger partial charge in [-0.3, -0.25) is 0 Å². The van der Waals surface area contributed by atoms with Crippen LogP contribution in [-0.2, 0) is 0 Å². The Morgan fingerprint density at radius 1 is 1.33 bits per heavy atom. The molecule has 0 aliphatic heterocycles. The van der Waals surface area contributed by atoms with Gasteiger partial charge in [0, 0.05) is 10.4 Å². The van der Waals surface area contributed by atoms with Gasteiger partial charge in [0.1, 0.15) is 5.82 Å². The molecule has 1 atom stereocenters. The van der Waals surface area contributed by atoms with Gasteiger partial charge in [0.05, 0.1) is 6.04 Å². The predicted octanol–water partition coefficient (Wildman–Crippen LogP) is 4.20. The van der Waals surface area contributed by atoms with E-state index in [1.807, 2.05) is 38.3 Å². The Hall–Kier alpha value is -1.19. The molecule has 0 bridgehead atoms. The molecule has 2 rings (SSSR count). The second kappa shape index (κ2) is 5.63. The third kappa shape index (κ3) is 2.62. The summed E-state index contributed by atoms with van der Waals surface area (Å²) < 4.78 is 14.2. The molecule has 96 valence electrons. The van der Waals surface area contributed by atoms with Crippen LogP contribution in [0.1, 0.15) is 34.5 Å². The Kier molecular flexibility index (Phi) is 4.15. The molecule has 1 unspecified atom stereocenters. The van der Waals surface area contributed by atoms with Crippen LogP contribution in [0.2, 0.25) is 0 Å². The fourth-order valence-electron chi connectivity index (χ4n) is 2.30. The molecule has 3 heteroatoms. The van der Waals surface area contributed by atoms with Crippen LogP contribution in [0.25, 0.3) is 0 Å². The Labute approximate surface area is 112 Å². The van der Waals surface area contributed by atoms with Gasteiger partial charge in [0.15, 0.2) is 0 Å². The van der Waals surface area contributed by atoms with Gasteiger partial charge in [-0.25, -0.2) is 4.39 Å². The van der Waals surface area contributed by atoms with Crippen molar-refractivity contribution in [1.82, 2.24) is 5.32 Å². The van der Waals surface area contributed by atoms with E-state index in [0.29, 0.717) is 0 Å². The number of nitrogens with one attached hydrogen (secondary N) is 1. The molecule has 2 aromatic rings. The fraction of sp³-hybridized carbons (Fsp3) is 0.333. The van der Waals surface area contributed by atoms with E-state index < -0.39 is 0 Å². The quantitative estimate of drug-likeness (QED) is 0.871. The average molecular weight is 263 g/mol. The second-order valence-corrected chi connectivity index (χ2v) is 5.46. The zero-order valence-corrected chi connectivity index (χ0v) is 11.8. The summed E-state index contributed by atoms with van der Waals surface area (Å²) in [6.07, 6.45) is 0. The van der Waals surface area contributed by atoms with Gasteiger partial charge < -0.3 is 5.32 Å². The molecular weight excluding hydrogens is 245 g/mol. The first-order chi connectivity index (χ1) is 8.63. The van der Waals surface area contributed by atoms with Crippen LogP contribution in [0.15, 0.2) is 29.6 Å². The Bertz CT molecular complexity index is 496. The van der Waals surface area contributed by atoms with Crippen molar-refractivity contribution in [3.05, 3.63) is 57.0 Å². The maximum absolute atomic E-state index is 14.2. The van der Waals surface area contributed by atoms with E-state index in [-0.39, 0.29) is 11.9 Å². The minimum absolute atomic E-state index is 0.0457. The van der Waals surface area contributed by atoms with E-state index in [9.17, 15) is 4.39 Å². The molecule has 1 heterocycles. The van der Waals surface area contributed by atoms with Crippen molar-refractivity contribution in [3.8, 4) is 0 Å². The highest BCUT2D eigenvalue weighted by atomic mass is 32.1. The van der Waals surface area contributed by atoms with Gasteiger partial charge in [-0.2, -0.15) is 0 Å². The van der Waals surface area contributed by atoms with E-state index in [4.69, 9.17) is 0 Å².